The number of rotatable bonds is 4. The molecule has 4 nitrogen and oxygen atoms in total. The molecule has 1 unspecified atom stereocenters. The van der Waals surface area contributed by atoms with Gasteiger partial charge in [0.05, 0.1) is 6.04 Å². The Hall–Kier alpha value is -2.23. The molecule has 132 valence electrons. The van der Waals surface area contributed by atoms with Gasteiger partial charge in [-0.15, -0.1) is 0 Å². The highest BCUT2D eigenvalue weighted by molar-refractivity contribution is 5.64. The zero-order valence-electron chi connectivity index (χ0n) is 15.5. The molecule has 0 spiro atoms. The van der Waals surface area contributed by atoms with Crippen LogP contribution in [-0.2, 0) is 12.8 Å². The van der Waals surface area contributed by atoms with Gasteiger partial charge in [0.15, 0.2) is 0 Å². The Morgan fingerprint density at radius 3 is 2.84 bits per heavy atom. The van der Waals surface area contributed by atoms with Crippen molar-refractivity contribution in [2.45, 2.75) is 39.7 Å². The Labute approximate surface area is 150 Å². The van der Waals surface area contributed by atoms with E-state index in [9.17, 15) is 0 Å². The number of pyridine rings is 1. The fourth-order valence-corrected chi connectivity index (χ4v) is 4.27. The average Bonchev–Trinajstić information content (AvgIpc) is 2.67. The molecule has 4 rings (SSSR count). The van der Waals surface area contributed by atoms with Crippen LogP contribution in [0.25, 0.3) is 0 Å². The van der Waals surface area contributed by atoms with Crippen LogP contribution in [0.5, 0.6) is 5.88 Å². The summed E-state index contributed by atoms with van der Waals surface area (Å²) in [7, 11) is 0. The van der Waals surface area contributed by atoms with Gasteiger partial charge >= 0.3 is 0 Å². The van der Waals surface area contributed by atoms with Crippen LogP contribution in [-0.4, -0.2) is 31.2 Å². The van der Waals surface area contributed by atoms with Gasteiger partial charge in [-0.2, -0.15) is 0 Å². The lowest BCUT2D eigenvalue weighted by Crippen LogP contribution is -2.42. The van der Waals surface area contributed by atoms with Crippen LogP contribution < -0.4 is 14.5 Å². The van der Waals surface area contributed by atoms with E-state index in [2.05, 4.69) is 53.8 Å². The molecule has 0 N–H and O–H groups in total. The van der Waals surface area contributed by atoms with Crippen molar-refractivity contribution in [3.8, 4) is 5.88 Å². The summed E-state index contributed by atoms with van der Waals surface area (Å²) in [6, 6.07) is 9.31. The van der Waals surface area contributed by atoms with E-state index in [1.165, 1.54) is 22.4 Å². The Kier molecular flexibility index (Phi) is 4.28. The molecule has 0 radical (unpaired) electrons. The quantitative estimate of drug-likeness (QED) is 0.843. The van der Waals surface area contributed by atoms with Crippen LogP contribution in [0.3, 0.4) is 0 Å². The topological polar surface area (TPSA) is 28.6 Å². The van der Waals surface area contributed by atoms with Gasteiger partial charge in [-0.05, 0) is 61.6 Å². The lowest BCUT2D eigenvalue weighted by molar-refractivity contribution is 0.249. The first-order valence-electron chi connectivity index (χ1n) is 9.51. The Morgan fingerprint density at radius 2 is 2.08 bits per heavy atom. The predicted octanol–water partition coefficient (Wildman–Crippen LogP) is 3.99. The van der Waals surface area contributed by atoms with Crippen LogP contribution in [0.1, 0.15) is 43.5 Å². The largest absolute Gasteiger partial charge is 0.474 e. The van der Waals surface area contributed by atoms with Gasteiger partial charge in [-0.3, -0.25) is 0 Å². The van der Waals surface area contributed by atoms with E-state index in [1.807, 2.05) is 12.3 Å². The third-order valence-electron chi connectivity index (χ3n) is 5.62. The van der Waals surface area contributed by atoms with E-state index in [1.54, 1.807) is 0 Å². The Bertz CT molecular complexity index is 770. The normalized spacial score (nSPS) is 18.0. The van der Waals surface area contributed by atoms with Crippen molar-refractivity contribution in [3.63, 3.8) is 0 Å². The van der Waals surface area contributed by atoms with Crippen molar-refractivity contribution >= 4 is 11.4 Å². The molecule has 2 aromatic rings. The van der Waals surface area contributed by atoms with E-state index in [4.69, 9.17) is 4.74 Å². The van der Waals surface area contributed by atoms with Crippen LogP contribution >= 0.6 is 0 Å². The SMILES string of the molecule is CCc1cc2c(cc1N(CC)CC)CCN1c3cccnc3OCC21. The molecule has 1 atom stereocenters. The minimum absolute atomic E-state index is 0.302. The van der Waals surface area contributed by atoms with Crippen molar-refractivity contribution in [1.29, 1.82) is 0 Å². The molecule has 1 aromatic carbocycles. The monoisotopic (exact) mass is 337 g/mol. The van der Waals surface area contributed by atoms with Crippen molar-refractivity contribution in [3.05, 3.63) is 47.2 Å². The number of anilines is 2. The van der Waals surface area contributed by atoms with Crippen molar-refractivity contribution in [1.82, 2.24) is 4.98 Å². The Morgan fingerprint density at radius 1 is 1.24 bits per heavy atom. The lowest BCUT2D eigenvalue weighted by Gasteiger charge is -2.42. The van der Waals surface area contributed by atoms with Crippen LogP contribution in [0.15, 0.2) is 30.5 Å². The lowest BCUT2D eigenvalue weighted by atomic mass is 9.88. The molecule has 2 aliphatic rings. The summed E-state index contributed by atoms with van der Waals surface area (Å²) >= 11 is 0. The first kappa shape index (κ1) is 16.2. The molecule has 0 bridgehead atoms. The van der Waals surface area contributed by atoms with Gasteiger partial charge in [-0.1, -0.05) is 13.0 Å². The number of ether oxygens (including phenoxy) is 1. The average molecular weight is 337 g/mol. The minimum atomic E-state index is 0.302. The van der Waals surface area contributed by atoms with Crippen LogP contribution in [0.4, 0.5) is 11.4 Å². The standard InChI is InChI=1S/C21H27N3O/c1-4-15-12-17-16(13-19(15)23(5-2)6-3)9-11-24-18-8-7-10-22-21(18)25-14-20(17)24/h7-8,10,12-13,20H,4-6,9,11,14H2,1-3H3. The number of fused-ring (bicyclic) bond motifs is 5. The molecule has 0 saturated carbocycles. The summed E-state index contributed by atoms with van der Waals surface area (Å²) in [6.45, 7) is 10.6. The maximum Gasteiger partial charge on any atom is 0.237 e. The fraction of sp³-hybridized carbons (Fsp3) is 0.476. The van der Waals surface area contributed by atoms with Gasteiger partial charge in [0, 0.05) is 31.5 Å². The molecular formula is C21H27N3O. The molecule has 1 aromatic heterocycles. The highest BCUT2D eigenvalue weighted by Gasteiger charge is 2.34. The highest BCUT2D eigenvalue weighted by atomic mass is 16.5. The van der Waals surface area contributed by atoms with Crippen molar-refractivity contribution < 1.29 is 4.74 Å². The van der Waals surface area contributed by atoms with Gasteiger partial charge in [0.2, 0.25) is 5.88 Å². The second kappa shape index (κ2) is 6.58. The summed E-state index contributed by atoms with van der Waals surface area (Å²) in [5, 5.41) is 0. The summed E-state index contributed by atoms with van der Waals surface area (Å²) in [4.78, 5) is 9.34. The smallest absolute Gasteiger partial charge is 0.237 e. The Balaban J connectivity index is 1.76. The molecule has 0 amide bonds. The maximum absolute atomic E-state index is 5.98. The molecule has 3 heterocycles. The first-order chi connectivity index (χ1) is 12.3. The van der Waals surface area contributed by atoms with Gasteiger partial charge in [-0.25, -0.2) is 4.98 Å². The second-order valence-electron chi connectivity index (χ2n) is 6.80. The molecule has 0 fully saturated rings. The number of aromatic nitrogens is 1. The van der Waals surface area contributed by atoms with E-state index >= 15 is 0 Å². The molecule has 25 heavy (non-hydrogen) atoms. The zero-order chi connectivity index (χ0) is 17.4. The van der Waals surface area contributed by atoms with Gasteiger partial charge in [0.1, 0.15) is 12.3 Å². The molecular weight excluding hydrogens is 310 g/mol. The predicted molar refractivity (Wildman–Crippen MR) is 103 cm³/mol. The zero-order valence-corrected chi connectivity index (χ0v) is 15.5. The van der Waals surface area contributed by atoms with Crippen molar-refractivity contribution in [2.24, 2.45) is 0 Å². The fourth-order valence-electron chi connectivity index (χ4n) is 4.27. The van der Waals surface area contributed by atoms with E-state index < -0.39 is 0 Å². The molecule has 2 aliphatic heterocycles. The van der Waals surface area contributed by atoms with Crippen molar-refractivity contribution in [2.75, 3.05) is 36.0 Å². The van der Waals surface area contributed by atoms with E-state index in [0.717, 1.165) is 44.0 Å². The summed E-state index contributed by atoms with van der Waals surface area (Å²) in [5.74, 6) is 0.776. The number of benzene rings is 1. The van der Waals surface area contributed by atoms with E-state index in [0.29, 0.717) is 12.6 Å². The number of hydrogen-bond donors (Lipinski definition) is 0. The third kappa shape index (κ3) is 2.64. The number of nitrogens with zero attached hydrogens (tertiary/aromatic N) is 3. The summed E-state index contributed by atoms with van der Waals surface area (Å²) in [6.07, 6.45) is 3.95. The van der Waals surface area contributed by atoms with Crippen LogP contribution in [0.2, 0.25) is 0 Å². The molecule has 0 aliphatic carbocycles. The number of hydrogen-bond acceptors (Lipinski definition) is 4. The minimum Gasteiger partial charge on any atom is -0.474 e. The van der Waals surface area contributed by atoms with Gasteiger partial charge < -0.3 is 14.5 Å². The first-order valence-corrected chi connectivity index (χ1v) is 9.51. The number of aryl methyl sites for hydroxylation is 1. The maximum atomic E-state index is 5.98. The summed E-state index contributed by atoms with van der Waals surface area (Å²) in [5.41, 5.74) is 6.92. The van der Waals surface area contributed by atoms with Gasteiger partial charge in [0.25, 0.3) is 0 Å². The third-order valence-corrected chi connectivity index (χ3v) is 5.62. The molecule has 4 heteroatoms. The molecule has 0 saturated heterocycles. The highest BCUT2D eigenvalue weighted by Crippen LogP contribution is 2.42. The van der Waals surface area contributed by atoms with Crippen LogP contribution in [0, 0.1) is 0 Å². The second-order valence-corrected chi connectivity index (χ2v) is 6.80. The summed E-state index contributed by atoms with van der Waals surface area (Å²) < 4.78 is 5.98. The van der Waals surface area contributed by atoms with E-state index in [-0.39, 0.29) is 0 Å².